The van der Waals surface area contributed by atoms with Gasteiger partial charge in [0.05, 0.1) is 10.5 Å². The molecule has 1 fully saturated rings. The van der Waals surface area contributed by atoms with Crippen molar-refractivity contribution in [3.05, 3.63) is 63.7 Å². The van der Waals surface area contributed by atoms with Gasteiger partial charge < -0.3 is 25.0 Å². The standard InChI is InChI=1S/C23H28N4O6/c1-23(2,3)33-22(30)26-11-9-25(10-12-26)19-6-4-5-18(14-19)24-15-17-8-7-16(21(28)29)13-20(17)27(31)32/h4-8,13-14,24H,9-12,15H2,1-3H3,(H,28,29). The van der Waals surface area contributed by atoms with Crippen molar-refractivity contribution in [2.24, 2.45) is 0 Å². The zero-order valence-corrected chi connectivity index (χ0v) is 18.9. The number of anilines is 2. The number of nitrogens with zero attached hydrogens (tertiary/aromatic N) is 3. The third kappa shape index (κ3) is 6.34. The quantitative estimate of drug-likeness (QED) is 0.494. The molecule has 0 unspecified atom stereocenters. The third-order valence-electron chi connectivity index (χ3n) is 5.15. The maximum atomic E-state index is 12.3. The van der Waals surface area contributed by atoms with E-state index in [1.165, 1.54) is 12.1 Å². The molecule has 1 amide bonds. The first-order chi connectivity index (χ1) is 15.5. The first kappa shape index (κ1) is 23.8. The number of carboxylic acid groups (broad SMARTS) is 1. The van der Waals surface area contributed by atoms with Gasteiger partial charge >= 0.3 is 12.1 Å². The molecule has 2 aromatic rings. The lowest BCUT2D eigenvalue weighted by Crippen LogP contribution is -2.50. The van der Waals surface area contributed by atoms with Crippen molar-refractivity contribution in [3.63, 3.8) is 0 Å². The van der Waals surface area contributed by atoms with Crippen LogP contribution in [0.2, 0.25) is 0 Å². The molecule has 2 aromatic carbocycles. The lowest BCUT2D eigenvalue weighted by Gasteiger charge is -2.36. The number of carboxylic acids is 1. The molecule has 33 heavy (non-hydrogen) atoms. The van der Waals surface area contributed by atoms with Crippen molar-refractivity contribution < 1.29 is 24.4 Å². The second-order valence-corrected chi connectivity index (χ2v) is 8.76. The molecule has 0 aromatic heterocycles. The Labute approximate surface area is 191 Å². The number of benzene rings is 2. The van der Waals surface area contributed by atoms with Gasteiger partial charge in [-0.15, -0.1) is 0 Å². The molecule has 2 N–H and O–H groups in total. The van der Waals surface area contributed by atoms with Crippen LogP contribution in [0, 0.1) is 10.1 Å². The van der Waals surface area contributed by atoms with E-state index in [1.54, 1.807) is 4.90 Å². The summed E-state index contributed by atoms with van der Waals surface area (Å²) < 4.78 is 5.44. The van der Waals surface area contributed by atoms with Gasteiger partial charge in [-0.1, -0.05) is 6.07 Å². The lowest BCUT2D eigenvalue weighted by atomic mass is 10.1. The van der Waals surface area contributed by atoms with E-state index in [-0.39, 0.29) is 23.9 Å². The van der Waals surface area contributed by atoms with Gasteiger partial charge in [0.25, 0.3) is 5.69 Å². The molecule has 0 saturated carbocycles. The van der Waals surface area contributed by atoms with Gasteiger partial charge in [0.15, 0.2) is 0 Å². The molecule has 10 heteroatoms. The molecule has 0 atom stereocenters. The first-order valence-corrected chi connectivity index (χ1v) is 10.6. The van der Waals surface area contributed by atoms with Crippen LogP contribution in [0.3, 0.4) is 0 Å². The number of rotatable bonds is 6. The van der Waals surface area contributed by atoms with Crippen molar-refractivity contribution in [3.8, 4) is 0 Å². The van der Waals surface area contributed by atoms with Crippen molar-refractivity contribution >= 4 is 29.1 Å². The number of hydrogen-bond acceptors (Lipinski definition) is 7. The molecular weight excluding hydrogens is 428 g/mol. The van der Waals surface area contributed by atoms with E-state index < -0.39 is 16.5 Å². The molecule has 1 saturated heterocycles. The molecule has 3 rings (SSSR count). The minimum atomic E-state index is -1.21. The number of nitro benzene ring substituents is 1. The van der Waals surface area contributed by atoms with Crippen LogP contribution >= 0.6 is 0 Å². The predicted octanol–water partition coefficient (Wildman–Crippen LogP) is 3.96. The molecule has 0 aliphatic carbocycles. The second-order valence-electron chi connectivity index (χ2n) is 8.76. The summed E-state index contributed by atoms with van der Waals surface area (Å²) in [6, 6.07) is 11.5. The van der Waals surface area contributed by atoms with Crippen molar-refractivity contribution in [2.75, 3.05) is 36.4 Å². The van der Waals surface area contributed by atoms with Gasteiger partial charge in [0, 0.05) is 55.7 Å². The van der Waals surface area contributed by atoms with Gasteiger partial charge in [-0.05, 0) is 51.1 Å². The first-order valence-electron chi connectivity index (χ1n) is 10.6. The number of piperazine rings is 1. The summed E-state index contributed by atoms with van der Waals surface area (Å²) in [6.45, 7) is 8.11. The number of amides is 1. The Morgan fingerprint density at radius 1 is 1.12 bits per heavy atom. The molecular formula is C23H28N4O6. The van der Waals surface area contributed by atoms with Crippen LogP contribution in [0.5, 0.6) is 0 Å². The number of ether oxygens (including phenoxy) is 1. The van der Waals surface area contributed by atoms with Gasteiger partial charge in [-0.3, -0.25) is 10.1 Å². The fourth-order valence-corrected chi connectivity index (χ4v) is 3.50. The minimum Gasteiger partial charge on any atom is -0.478 e. The molecule has 0 bridgehead atoms. The summed E-state index contributed by atoms with van der Waals surface area (Å²) in [5.74, 6) is -1.21. The Hall–Kier alpha value is -3.82. The lowest BCUT2D eigenvalue weighted by molar-refractivity contribution is -0.385. The van der Waals surface area contributed by atoms with Crippen LogP contribution in [0.1, 0.15) is 36.7 Å². The molecule has 176 valence electrons. The summed E-state index contributed by atoms with van der Waals surface area (Å²) in [6.07, 6.45) is -0.312. The fourth-order valence-electron chi connectivity index (χ4n) is 3.50. The predicted molar refractivity (Wildman–Crippen MR) is 124 cm³/mol. The highest BCUT2D eigenvalue weighted by molar-refractivity contribution is 5.88. The molecule has 10 nitrogen and oxygen atoms in total. The van der Waals surface area contributed by atoms with Crippen LogP contribution < -0.4 is 10.2 Å². The number of aromatic carboxylic acids is 1. The third-order valence-corrected chi connectivity index (χ3v) is 5.15. The van der Waals surface area contributed by atoms with E-state index in [9.17, 15) is 19.7 Å². The Balaban J connectivity index is 1.63. The molecule has 0 spiro atoms. The summed E-state index contributed by atoms with van der Waals surface area (Å²) in [7, 11) is 0. The average molecular weight is 456 g/mol. The number of carbonyl (C=O) groups excluding carboxylic acids is 1. The van der Waals surface area contributed by atoms with Gasteiger partial charge in [0.1, 0.15) is 5.60 Å². The van der Waals surface area contributed by atoms with Crippen LogP contribution in [-0.2, 0) is 11.3 Å². The molecule has 1 aliphatic heterocycles. The number of carbonyl (C=O) groups is 2. The Morgan fingerprint density at radius 2 is 1.82 bits per heavy atom. The van der Waals surface area contributed by atoms with Crippen LogP contribution in [0.4, 0.5) is 21.9 Å². The van der Waals surface area contributed by atoms with E-state index >= 15 is 0 Å². The normalized spacial score (nSPS) is 14.0. The fraction of sp³-hybridized carbons (Fsp3) is 0.391. The zero-order valence-electron chi connectivity index (χ0n) is 18.9. The van der Waals surface area contributed by atoms with E-state index in [2.05, 4.69) is 10.2 Å². The number of hydrogen-bond donors (Lipinski definition) is 2. The van der Waals surface area contributed by atoms with E-state index in [4.69, 9.17) is 9.84 Å². The second kappa shape index (κ2) is 9.76. The summed E-state index contributed by atoms with van der Waals surface area (Å²) in [4.78, 5) is 38.0. The summed E-state index contributed by atoms with van der Waals surface area (Å²) in [5, 5.41) is 23.6. The minimum absolute atomic E-state index is 0.127. The monoisotopic (exact) mass is 456 g/mol. The van der Waals surface area contributed by atoms with Gasteiger partial charge in [0.2, 0.25) is 0 Å². The zero-order chi connectivity index (χ0) is 24.2. The SMILES string of the molecule is CC(C)(C)OC(=O)N1CCN(c2cccc(NCc3ccc(C(=O)O)cc3[N+](=O)[O-])c2)CC1. The maximum absolute atomic E-state index is 12.3. The van der Waals surface area contributed by atoms with Gasteiger partial charge in [-0.25, -0.2) is 9.59 Å². The Morgan fingerprint density at radius 3 is 2.42 bits per heavy atom. The van der Waals surface area contributed by atoms with Gasteiger partial charge in [-0.2, -0.15) is 0 Å². The van der Waals surface area contributed by atoms with Crippen molar-refractivity contribution in [1.82, 2.24) is 4.90 Å². The Bertz CT molecular complexity index is 1040. The van der Waals surface area contributed by atoms with E-state index in [1.807, 2.05) is 45.0 Å². The van der Waals surface area contributed by atoms with E-state index in [0.29, 0.717) is 31.7 Å². The van der Waals surface area contributed by atoms with Crippen molar-refractivity contribution in [2.45, 2.75) is 32.9 Å². The van der Waals surface area contributed by atoms with Crippen LogP contribution in [0.15, 0.2) is 42.5 Å². The van der Waals surface area contributed by atoms with Crippen molar-refractivity contribution in [1.29, 1.82) is 0 Å². The highest BCUT2D eigenvalue weighted by atomic mass is 16.6. The van der Waals surface area contributed by atoms with Crippen LogP contribution in [-0.4, -0.2) is 58.8 Å². The highest BCUT2D eigenvalue weighted by Gasteiger charge is 2.26. The number of nitro groups is 1. The topological polar surface area (TPSA) is 125 Å². The summed E-state index contributed by atoms with van der Waals surface area (Å²) in [5.41, 5.74) is 1.24. The number of nitrogens with one attached hydrogen (secondary N) is 1. The largest absolute Gasteiger partial charge is 0.478 e. The smallest absolute Gasteiger partial charge is 0.410 e. The molecule has 1 heterocycles. The molecule has 0 radical (unpaired) electrons. The van der Waals surface area contributed by atoms with E-state index in [0.717, 1.165) is 17.4 Å². The maximum Gasteiger partial charge on any atom is 0.410 e. The highest BCUT2D eigenvalue weighted by Crippen LogP contribution is 2.25. The van der Waals surface area contributed by atoms with Crippen LogP contribution in [0.25, 0.3) is 0 Å². The summed E-state index contributed by atoms with van der Waals surface area (Å²) >= 11 is 0. The molecule has 1 aliphatic rings. The Kier molecular flexibility index (Phi) is 7.05. The average Bonchev–Trinajstić information content (AvgIpc) is 2.76.